The van der Waals surface area contributed by atoms with Gasteiger partial charge in [0.15, 0.2) is 5.11 Å². The molecule has 19 heavy (non-hydrogen) atoms. The summed E-state index contributed by atoms with van der Waals surface area (Å²) in [7, 11) is 0. The molecule has 0 radical (unpaired) electrons. The number of nitrogens with two attached hydrogens (primary N) is 1. The summed E-state index contributed by atoms with van der Waals surface area (Å²) in [5.74, 6) is -0.245. The summed E-state index contributed by atoms with van der Waals surface area (Å²) >= 11 is 5.14. The summed E-state index contributed by atoms with van der Waals surface area (Å²) < 4.78 is 13.4. The monoisotopic (exact) mass is 275 g/mol. The Bertz CT molecular complexity index is 569. The van der Waals surface area contributed by atoms with Crippen LogP contribution in [0, 0.1) is 5.82 Å². The number of anilines is 2. The van der Waals surface area contributed by atoms with Gasteiger partial charge in [-0.05, 0) is 42.5 Å². The quantitative estimate of drug-likeness (QED) is 0.595. The van der Waals surface area contributed by atoms with Crippen LogP contribution >= 0.6 is 12.2 Å². The molecule has 0 aromatic heterocycles. The first-order valence-corrected chi connectivity index (χ1v) is 6.20. The minimum atomic E-state index is -0.245. The fourth-order valence-electron chi connectivity index (χ4n) is 1.56. The van der Waals surface area contributed by atoms with Crippen LogP contribution in [0.1, 0.15) is 5.56 Å². The van der Waals surface area contributed by atoms with E-state index >= 15 is 0 Å². The van der Waals surface area contributed by atoms with Gasteiger partial charge in [-0.3, -0.25) is 0 Å². The van der Waals surface area contributed by atoms with E-state index in [1.54, 1.807) is 30.3 Å². The zero-order valence-electron chi connectivity index (χ0n) is 10.2. The van der Waals surface area contributed by atoms with E-state index in [0.717, 1.165) is 5.69 Å². The molecule has 0 unspecified atom stereocenters. The minimum absolute atomic E-state index is 0.245. The first kappa shape index (κ1) is 13.3. The van der Waals surface area contributed by atoms with E-state index < -0.39 is 0 Å². The van der Waals surface area contributed by atoms with Crippen molar-refractivity contribution in [3.63, 3.8) is 0 Å². The van der Waals surface area contributed by atoms with Crippen molar-refractivity contribution in [3.05, 3.63) is 59.9 Å². The minimum Gasteiger partial charge on any atom is -0.399 e. The molecule has 0 aliphatic carbocycles. The molecule has 0 fully saturated rings. The van der Waals surface area contributed by atoms with E-state index in [1.165, 1.54) is 6.07 Å². The van der Waals surface area contributed by atoms with Crippen LogP contribution < -0.4 is 16.4 Å². The highest BCUT2D eigenvalue weighted by Gasteiger charge is 2.02. The Hall–Kier alpha value is -2.14. The topological polar surface area (TPSA) is 50.1 Å². The van der Waals surface area contributed by atoms with Crippen LogP contribution in [0.5, 0.6) is 0 Å². The summed E-state index contributed by atoms with van der Waals surface area (Å²) in [5, 5.41) is 6.39. The Kier molecular flexibility index (Phi) is 4.30. The first-order valence-electron chi connectivity index (χ1n) is 5.79. The predicted octanol–water partition coefficient (Wildman–Crippen LogP) is 2.89. The molecule has 3 nitrogen and oxygen atoms in total. The zero-order valence-corrected chi connectivity index (χ0v) is 11.0. The third-order valence-corrected chi connectivity index (χ3v) is 2.81. The molecule has 2 aromatic carbocycles. The van der Waals surface area contributed by atoms with E-state index in [1.807, 2.05) is 12.1 Å². The Morgan fingerprint density at radius 2 is 1.79 bits per heavy atom. The SMILES string of the molecule is Nc1ccc(NC(=S)NCc2ccccc2F)cc1. The second-order valence-electron chi connectivity index (χ2n) is 4.02. The third kappa shape index (κ3) is 3.93. The van der Waals surface area contributed by atoms with Crippen LogP contribution in [-0.4, -0.2) is 5.11 Å². The molecule has 0 saturated heterocycles. The zero-order chi connectivity index (χ0) is 13.7. The van der Waals surface area contributed by atoms with Gasteiger partial charge in [0.05, 0.1) is 0 Å². The van der Waals surface area contributed by atoms with Crippen LogP contribution in [0.25, 0.3) is 0 Å². The maximum atomic E-state index is 13.4. The van der Waals surface area contributed by atoms with Crippen molar-refractivity contribution in [3.8, 4) is 0 Å². The van der Waals surface area contributed by atoms with Crippen molar-refractivity contribution in [2.45, 2.75) is 6.54 Å². The lowest BCUT2D eigenvalue weighted by Gasteiger charge is -2.11. The van der Waals surface area contributed by atoms with Crippen molar-refractivity contribution >= 4 is 28.7 Å². The maximum Gasteiger partial charge on any atom is 0.171 e. The number of hydrogen-bond acceptors (Lipinski definition) is 2. The Morgan fingerprint density at radius 3 is 2.47 bits per heavy atom. The molecule has 4 N–H and O–H groups in total. The average Bonchev–Trinajstić information content (AvgIpc) is 2.40. The molecule has 0 aliphatic rings. The fourth-order valence-corrected chi connectivity index (χ4v) is 1.75. The van der Waals surface area contributed by atoms with Crippen LogP contribution in [0.2, 0.25) is 0 Å². The smallest absolute Gasteiger partial charge is 0.171 e. The molecule has 0 heterocycles. The number of benzene rings is 2. The summed E-state index contributed by atoms with van der Waals surface area (Å²) in [6, 6.07) is 13.8. The number of halogens is 1. The highest BCUT2D eigenvalue weighted by molar-refractivity contribution is 7.80. The molecular formula is C14H14FN3S. The number of nitrogen functional groups attached to an aromatic ring is 1. The maximum absolute atomic E-state index is 13.4. The largest absolute Gasteiger partial charge is 0.399 e. The number of rotatable bonds is 3. The Labute approximate surface area is 116 Å². The molecule has 5 heteroatoms. The molecule has 0 atom stereocenters. The first-order chi connectivity index (χ1) is 9.15. The van der Waals surface area contributed by atoms with E-state index in [-0.39, 0.29) is 5.82 Å². The van der Waals surface area contributed by atoms with Gasteiger partial charge in [-0.15, -0.1) is 0 Å². The molecule has 0 amide bonds. The standard InChI is InChI=1S/C14H14FN3S/c15-13-4-2-1-3-10(13)9-17-14(19)18-12-7-5-11(16)6-8-12/h1-8H,9,16H2,(H2,17,18,19). The summed E-state index contributed by atoms with van der Waals surface area (Å²) in [6.07, 6.45) is 0. The second kappa shape index (κ2) is 6.15. The Morgan fingerprint density at radius 1 is 1.11 bits per heavy atom. The predicted molar refractivity (Wildman–Crippen MR) is 80.3 cm³/mol. The normalized spacial score (nSPS) is 9.95. The van der Waals surface area contributed by atoms with Gasteiger partial charge < -0.3 is 16.4 Å². The van der Waals surface area contributed by atoms with Gasteiger partial charge in [0.25, 0.3) is 0 Å². The summed E-state index contributed by atoms with van der Waals surface area (Å²) in [4.78, 5) is 0. The van der Waals surface area contributed by atoms with Gasteiger partial charge in [-0.1, -0.05) is 18.2 Å². The molecule has 2 aromatic rings. The highest BCUT2D eigenvalue weighted by Crippen LogP contribution is 2.10. The van der Waals surface area contributed by atoms with Crippen molar-refractivity contribution in [2.24, 2.45) is 0 Å². The van der Waals surface area contributed by atoms with Crippen LogP contribution in [0.4, 0.5) is 15.8 Å². The Balaban J connectivity index is 1.88. The lowest BCUT2D eigenvalue weighted by atomic mass is 10.2. The van der Waals surface area contributed by atoms with E-state index in [2.05, 4.69) is 10.6 Å². The van der Waals surface area contributed by atoms with Crippen molar-refractivity contribution in [1.82, 2.24) is 5.32 Å². The third-order valence-electron chi connectivity index (χ3n) is 2.57. The average molecular weight is 275 g/mol. The van der Waals surface area contributed by atoms with Gasteiger partial charge in [-0.25, -0.2) is 4.39 Å². The summed E-state index contributed by atoms with van der Waals surface area (Å²) in [5.41, 5.74) is 7.69. The molecule has 0 saturated carbocycles. The van der Waals surface area contributed by atoms with E-state index in [0.29, 0.717) is 22.9 Å². The van der Waals surface area contributed by atoms with E-state index in [4.69, 9.17) is 18.0 Å². The van der Waals surface area contributed by atoms with Crippen molar-refractivity contribution in [1.29, 1.82) is 0 Å². The lowest BCUT2D eigenvalue weighted by Crippen LogP contribution is -2.28. The molecule has 0 spiro atoms. The van der Waals surface area contributed by atoms with Gasteiger partial charge in [0, 0.05) is 23.5 Å². The van der Waals surface area contributed by atoms with Crippen molar-refractivity contribution < 1.29 is 4.39 Å². The number of hydrogen-bond donors (Lipinski definition) is 3. The molecular weight excluding hydrogens is 261 g/mol. The number of nitrogens with one attached hydrogen (secondary N) is 2. The molecule has 2 rings (SSSR count). The van der Waals surface area contributed by atoms with Gasteiger partial charge in [-0.2, -0.15) is 0 Å². The second-order valence-corrected chi connectivity index (χ2v) is 4.43. The van der Waals surface area contributed by atoms with Gasteiger partial charge in [0.1, 0.15) is 5.82 Å². The van der Waals surface area contributed by atoms with Crippen molar-refractivity contribution in [2.75, 3.05) is 11.1 Å². The molecule has 0 bridgehead atoms. The number of thiocarbonyl (C=S) groups is 1. The van der Waals surface area contributed by atoms with Crippen LogP contribution in [0.3, 0.4) is 0 Å². The molecule has 98 valence electrons. The van der Waals surface area contributed by atoms with Gasteiger partial charge in [0.2, 0.25) is 0 Å². The van der Waals surface area contributed by atoms with Crippen LogP contribution in [-0.2, 0) is 6.54 Å². The van der Waals surface area contributed by atoms with Crippen LogP contribution in [0.15, 0.2) is 48.5 Å². The highest BCUT2D eigenvalue weighted by atomic mass is 32.1. The molecule has 0 aliphatic heterocycles. The lowest BCUT2D eigenvalue weighted by molar-refractivity contribution is 0.606. The fraction of sp³-hybridized carbons (Fsp3) is 0.0714. The summed E-state index contributed by atoms with van der Waals surface area (Å²) in [6.45, 7) is 0.341. The van der Waals surface area contributed by atoms with Gasteiger partial charge >= 0.3 is 0 Å². The van der Waals surface area contributed by atoms with E-state index in [9.17, 15) is 4.39 Å².